The number of piperazine rings is 1. The summed E-state index contributed by atoms with van der Waals surface area (Å²) in [5, 5.41) is 3.75. The molecule has 0 saturated carbocycles. The van der Waals surface area contributed by atoms with Gasteiger partial charge in [-0.15, -0.1) is 0 Å². The maximum absolute atomic E-state index is 11.9. The van der Waals surface area contributed by atoms with E-state index in [1.54, 1.807) is 4.90 Å². The molecule has 10 heteroatoms. The fraction of sp³-hybridized carbons (Fsp3) is 0.250. The average molecular weight is 480 g/mol. The van der Waals surface area contributed by atoms with Gasteiger partial charge in [0.15, 0.2) is 0 Å². The van der Waals surface area contributed by atoms with E-state index in [-0.39, 0.29) is 11.9 Å². The van der Waals surface area contributed by atoms with Crippen LogP contribution in [0.3, 0.4) is 0 Å². The molecule has 9 nitrogen and oxygen atoms in total. The Hall–Kier alpha value is -3.85. The van der Waals surface area contributed by atoms with E-state index in [1.807, 2.05) is 26.0 Å². The van der Waals surface area contributed by atoms with Crippen LogP contribution in [0.1, 0.15) is 19.4 Å². The van der Waals surface area contributed by atoms with E-state index in [2.05, 4.69) is 50.0 Å². The zero-order valence-electron chi connectivity index (χ0n) is 19.2. The number of hydrogen-bond donors (Lipinski definition) is 1. The molecule has 3 rings (SSSR count). The predicted molar refractivity (Wildman–Crippen MR) is 137 cm³/mol. The number of nitrogens with one attached hydrogen (secondary N) is 1. The first kappa shape index (κ1) is 24.8. The molecule has 0 aliphatic carbocycles. The highest BCUT2D eigenvalue weighted by atomic mass is 35.5. The Morgan fingerprint density at radius 3 is 2.41 bits per heavy atom. The second-order valence-corrected chi connectivity index (χ2v) is 8.11. The van der Waals surface area contributed by atoms with Crippen LogP contribution in [0.25, 0.3) is 16.6 Å². The third-order valence-electron chi connectivity index (χ3n) is 5.29. The molecule has 176 valence electrons. The molecule has 2 amide bonds. The number of guanidine groups is 1. The lowest BCUT2D eigenvalue weighted by molar-refractivity contribution is -0.126. The molecule has 0 atom stereocenters. The van der Waals surface area contributed by atoms with Crippen molar-refractivity contribution in [2.45, 2.75) is 13.8 Å². The molecule has 1 aromatic carbocycles. The summed E-state index contributed by atoms with van der Waals surface area (Å²) < 4.78 is 0. The van der Waals surface area contributed by atoms with Gasteiger partial charge in [0.05, 0.1) is 16.2 Å². The second-order valence-electron chi connectivity index (χ2n) is 7.70. The third-order valence-corrected chi connectivity index (χ3v) is 5.60. The summed E-state index contributed by atoms with van der Waals surface area (Å²) in [6, 6.07) is 3.65. The number of hydrogen-bond acceptors (Lipinski definition) is 6. The van der Waals surface area contributed by atoms with Gasteiger partial charge < -0.3 is 9.80 Å². The lowest BCUT2D eigenvalue weighted by Gasteiger charge is -2.35. The van der Waals surface area contributed by atoms with E-state index in [1.165, 1.54) is 12.4 Å². The van der Waals surface area contributed by atoms with Crippen molar-refractivity contribution in [3.63, 3.8) is 0 Å². The molecule has 2 aromatic rings. The van der Waals surface area contributed by atoms with Gasteiger partial charge in [0.1, 0.15) is 12.1 Å². The first-order valence-corrected chi connectivity index (χ1v) is 10.9. The van der Waals surface area contributed by atoms with E-state index in [0.29, 0.717) is 48.0 Å². The number of halogens is 1. The first-order valence-electron chi connectivity index (χ1n) is 10.6. The van der Waals surface area contributed by atoms with Crippen molar-refractivity contribution in [3.05, 3.63) is 59.9 Å². The molecule has 1 saturated heterocycles. The maximum Gasteiger partial charge on any atom is 0.250 e. The highest BCUT2D eigenvalue weighted by molar-refractivity contribution is 6.33. The summed E-state index contributed by atoms with van der Waals surface area (Å²) in [4.78, 5) is 44.6. The number of carbonyl (C=O) groups excluding carboxylic acids is 2. The van der Waals surface area contributed by atoms with Crippen LogP contribution in [0.4, 0.5) is 5.82 Å². The van der Waals surface area contributed by atoms with Crippen molar-refractivity contribution in [2.24, 2.45) is 9.98 Å². The lowest BCUT2D eigenvalue weighted by atomic mass is 10.1. The van der Waals surface area contributed by atoms with Crippen LogP contribution >= 0.6 is 11.6 Å². The normalized spacial score (nSPS) is 13.9. The summed E-state index contributed by atoms with van der Waals surface area (Å²) in [5.41, 5.74) is 2.71. The average Bonchev–Trinajstić information content (AvgIpc) is 2.85. The minimum atomic E-state index is -0.448. The van der Waals surface area contributed by atoms with Crippen LogP contribution in [0, 0.1) is 0 Å². The van der Waals surface area contributed by atoms with Crippen molar-refractivity contribution in [3.8, 4) is 0 Å². The number of aromatic nitrogens is 2. The number of benzene rings is 1. The molecule has 1 N–H and O–H groups in total. The lowest BCUT2D eigenvalue weighted by Crippen LogP contribution is -2.48. The van der Waals surface area contributed by atoms with Crippen LogP contribution < -0.4 is 10.2 Å². The van der Waals surface area contributed by atoms with Crippen molar-refractivity contribution in [1.82, 2.24) is 20.2 Å². The zero-order chi connectivity index (χ0) is 24.8. The minimum absolute atomic E-state index is 0.0348. The van der Waals surface area contributed by atoms with Crippen LogP contribution in [-0.4, -0.2) is 65.5 Å². The van der Waals surface area contributed by atoms with E-state index < -0.39 is 5.91 Å². The van der Waals surface area contributed by atoms with Crippen molar-refractivity contribution >= 4 is 58.5 Å². The molecule has 1 fully saturated rings. The highest BCUT2D eigenvalue weighted by Gasteiger charge is 2.23. The van der Waals surface area contributed by atoms with Gasteiger partial charge in [-0.05, 0) is 50.4 Å². The van der Waals surface area contributed by atoms with E-state index in [9.17, 15) is 9.59 Å². The number of anilines is 1. The van der Waals surface area contributed by atoms with Gasteiger partial charge in [-0.3, -0.25) is 14.9 Å². The number of aliphatic imine (C=N–C) groups is 2. The number of allylic oxidation sites excluding steroid dienone is 1. The molecule has 1 aliphatic rings. The highest BCUT2D eigenvalue weighted by Crippen LogP contribution is 2.34. The molecule has 0 spiro atoms. The monoisotopic (exact) mass is 479 g/mol. The summed E-state index contributed by atoms with van der Waals surface area (Å²) >= 11 is 6.70. The number of carbonyl (C=O) groups is 2. The number of nitrogens with zero attached hydrogens (tertiary/aromatic N) is 6. The number of fused-ring (bicyclic) bond motifs is 1. The summed E-state index contributed by atoms with van der Waals surface area (Å²) in [7, 11) is 0. The maximum atomic E-state index is 11.9. The van der Waals surface area contributed by atoms with Crippen molar-refractivity contribution < 1.29 is 9.59 Å². The molecule has 0 unspecified atom stereocenters. The van der Waals surface area contributed by atoms with Crippen LogP contribution in [0.2, 0.25) is 5.02 Å². The van der Waals surface area contributed by atoms with E-state index in [0.717, 1.165) is 22.9 Å². The Morgan fingerprint density at radius 1 is 1.12 bits per heavy atom. The molecule has 34 heavy (non-hydrogen) atoms. The largest absolute Gasteiger partial charge is 0.352 e. The van der Waals surface area contributed by atoms with Gasteiger partial charge in [0.2, 0.25) is 17.8 Å². The third kappa shape index (κ3) is 5.37. The molecular weight excluding hydrogens is 454 g/mol. The molecular formula is C24H26ClN7O2. The van der Waals surface area contributed by atoms with Gasteiger partial charge in [-0.2, -0.15) is 0 Å². The van der Waals surface area contributed by atoms with Gasteiger partial charge in [0.25, 0.3) is 0 Å². The Kier molecular flexibility index (Phi) is 7.91. The second kappa shape index (κ2) is 10.8. The van der Waals surface area contributed by atoms with E-state index >= 15 is 0 Å². The van der Waals surface area contributed by atoms with Crippen LogP contribution in [0.5, 0.6) is 0 Å². The minimum Gasteiger partial charge on any atom is -0.352 e. The molecule has 1 aromatic heterocycles. The fourth-order valence-electron chi connectivity index (χ4n) is 3.58. The van der Waals surface area contributed by atoms with Crippen molar-refractivity contribution in [1.29, 1.82) is 0 Å². The smallest absolute Gasteiger partial charge is 0.250 e. The summed E-state index contributed by atoms with van der Waals surface area (Å²) in [6.45, 7) is 16.6. The van der Waals surface area contributed by atoms with Crippen LogP contribution in [0.15, 0.2) is 59.3 Å². The van der Waals surface area contributed by atoms with Crippen molar-refractivity contribution in [2.75, 3.05) is 31.1 Å². The quantitative estimate of drug-likeness (QED) is 0.403. The number of amides is 2. The predicted octanol–water partition coefficient (Wildman–Crippen LogP) is 3.23. The summed E-state index contributed by atoms with van der Waals surface area (Å²) in [5.74, 6) is 0.258. The number of rotatable bonds is 5. The Morgan fingerprint density at radius 2 is 1.82 bits per heavy atom. The first-order chi connectivity index (χ1) is 16.3. The van der Waals surface area contributed by atoms with Gasteiger partial charge >= 0.3 is 0 Å². The summed E-state index contributed by atoms with van der Waals surface area (Å²) in [6.07, 6.45) is 3.96. The molecule has 2 heterocycles. The SMILES string of the molecule is C=CC(=O)N/C(N=C)=N/C(=C(C)C)c1cc2ncnc(N3CCN(C(=O)C=C)CC3)c2cc1Cl. The Labute approximate surface area is 203 Å². The Bertz CT molecular complexity index is 1220. The van der Waals surface area contributed by atoms with Gasteiger partial charge in [-0.25, -0.2) is 20.0 Å². The fourth-order valence-corrected chi connectivity index (χ4v) is 3.83. The standard InChI is InChI=1S/C24H26ClN7O2/c1-6-20(33)29-24(26-5)30-22(15(3)4)16-13-19-17(12-18(16)25)23(28-14-27-19)32-10-8-31(9-11-32)21(34)7-2/h6-7,12-14H,1-2,5,8-11H2,3-4H3,(H,29,30,33). The molecule has 1 aliphatic heterocycles. The topological polar surface area (TPSA) is 103 Å². The van der Waals surface area contributed by atoms with E-state index in [4.69, 9.17) is 11.6 Å². The van der Waals surface area contributed by atoms with Gasteiger partial charge in [-0.1, -0.05) is 24.8 Å². The molecule has 0 radical (unpaired) electrons. The zero-order valence-corrected chi connectivity index (χ0v) is 20.0. The van der Waals surface area contributed by atoms with Gasteiger partial charge in [0, 0.05) is 37.1 Å². The Balaban J connectivity index is 2.00. The molecule has 0 bridgehead atoms. The van der Waals surface area contributed by atoms with Crippen LogP contribution in [-0.2, 0) is 9.59 Å².